The normalized spacial score (nSPS) is 12.6. The third-order valence-corrected chi connectivity index (χ3v) is 8.31. The molecule has 13 heteroatoms. The van der Waals surface area contributed by atoms with Gasteiger partial charge in [-0.25, -0.2) is 4.98 Å². The molecule has 0 bridgehead atoms. The van der Waals surface area contributed by atoms with Crippen molar-refractivity contribution in [1.29, 1.82) is 0 Å². The fourth-order valence-corrected chi connectivity index (χ4v) is 5.94. The van der Waals surface area contributed by atoms with Crippen LogP contribution in [0.4, 0.5) is 11.4 Å². The summed E-state index contributed by atoms with van der Waals surface area (Å²) in [5.74, 6) is -0.735. The molecule has 5 aromatic rings. The van der Waals surface area contributed by atoms with Crippen LogP contribution in [0.2, 0.25) is 0 Å². The average molecular weight is 556 g/mol. The van der Waals surface area contributed by atoms with Gasteiger partial charge in [0, 0.05) is 10.9 Å². The molecule has 1 aromatic heterocycles. The Morgan fingerprint density at radius 3 is 2.24 bits per heavy atom. The highest BCUT2D eigenvalue weighted by molar-refractivity contribution is 7.86. The van der Waals surface area contributed by atoms with Crippen molar-refractivity contribution in [3.05, 3.63) is 72.3 Å². The quantitative estimate of drug-likeness (QED) is 0.174. The van der Waals surface area contributed by atoms with Gasteiger partial charge in [-0.2, -0.15) is 21.9 Å². The van der Waals surface area contributed by atoms with E-state index >= 15 is 0 Å². The summed E-state index contributed by atoms with van der Waals surface area (Å²) in [4.78, 5) is 3.39. The molecular formula is C24H17N3O7S3. The van der Waals surface area contributed by atoms with Crippen LogP contribution in [0.15, 0.2) is 86.7 Å². The molecule has 1 heterocycles. The van der Waals surface area contributed by atoms with Gasteiger partial charge in [0.1, 0.15) is 15.6 Å². The topological polar surface area (TPSA) is 167 Å². The standard InChI is InChI=1S/C24H17N3O7S3/c1-13-2-9-19-20(10-13)35-24(25-19)14-3-6-16(7-4-14)26-27-22-21(37(32,33)34)11-15-5-8-17(36(29,30)31)12-18(15)23(22)28/h2-12,28H,1H3,(H,29,30,31)(H,32,33,34). The summed E-state index contributed by atoms with van der Waals surface area (Å²) in [5, 5.41) is 19.3. The van der Waals surface area contributed by atoms with Gasteiger partial charge in [0.2, 0.25) is 0 Å². The lowest BCUT2D eigenvalue weighted by molar-refractivity contribution is 0.471. The van der Waals surface area contributed by atoms with Gasteiger partial charge < -0.3 is 5.11 Å². The molecule has 0 aliphatic heterocycles. The SMILES string of the molecule is Cc1ccc2nc(-c3ccc(N=Nc4c(S(=O)(=O)O)cc5ccc(S(=O)(=O)O)cc5c4O)cc3)sc2c1. The molecule has 0 fully saturated rings. The predicted molar refractivity (Wildman–Crippen MR) is 139 cm³/mol. The van der Waals surface area contributed by atoms with Crippen molar-refractivity contribution in [2.24, 2.45) is 10.2 Å². The second-order valence-corrected chi connectivity index (χ2v) is 12.0. The summed E-state index contributed by atoms with van der Waals surface area (Å²) in [6, 6.07) is 17.0. The molecule has 4 aromatic carbocycles. The Morgan fingerprint density at radius 2 is 1.57 bits per heavy atom. The van der Waals surface area contributed by atoms with Crippen LogP contribution in [0.3, 0.4) is 0 Å². The molecule has 0 unspecified atom stereocenters. The molecule has 0 saturated carbocycles. The number of thiazole rings is 1. The van der Waals surface area contributed by atoms with Gasteiger partial charge in [-0.1, -0.05) is 12.1 Å². The fraction of sp³-hybridized carbons (Fsp3) is 0.0417. The van der Waals surface area contributed by atoms with Crippen LogP contribution in [-0.4, -0.2) is 36.0 Å². The largest absolute Gasteiger partial charge is 0.505 e. The number of fused-ring (bicyclic) bond motifs is 2. The second kappa shape index (κ2) is 8.97. The van der Waals surface area contributed by atoms with Gasteiger partial charge in [-0.05, 0) is 72.5 Å². The zero-order valence-corrected chi connectivity index (χ0v) is 21.3. The Kier molecular flexibility index (Phi) is 6.04. The predicted octanol–water partition coefficient (Wildman–Crippen LogP) is 6.04. The summed E-state index contributed by atoms with van der Waals surface area (Å²) in [6.07, 6.45) is 0. The minimum absolute atomic E-state index is 0.0897. The van der Waals surface area contributed by atoms with Gasteiger partial charge in [-0.15, -0.1) is 16.5 Å². The van der Waals surface area contributed by atoms with Crippen molar-refractivity contribution in [2.45, 2.75) is 16.7 Å². The molecule has 0 aliphatic rings. The zero-order valence-electron chi connectivity index (χ0n) is 18.9. The smallest absolute Gasteiger partial charge is 0.296 e. The van der Waals surface area contributed by atoms with Crippen molar-refractivity contribution in [3.8, 4) is 16.3 Å². The first-order valence-electron chi connectivity index (χ1n) is 10.5. The van der Waals surface area contributed by atoms with E-state index in [0.717, 1.165) is 44.6 Å². The number of hydrogen-bond donors (Lipinski definition) is 3. The molecule has 0 aliphatic carbocycles. The first kappa shape index (κ1) is 24.9. The number of aromatic nitrogens is 1. The van der Waals surface area contributed by atoms with Gasteiger partial charge in [0.05, 0.1) is 20.8 Å². The highest BCUT2D eigenvalue weighted by atomic mass is 32.2. The van der Waals surface area contributed by atoms with Crippen LogP contribution < -0.4 is 0 Å². The fourth-order valence-electron chi connectivity index (χ4n) is 3.71. The van der Waals surface area contributed by atoms with Crippen LogP contribution in [-0.2, 0) is 20.2 Å². The van der Waals surface area contributed by atoms with E-state index in [1.54, 1.807) is 24.3 Å². The van der Waals surface area contributed by atoms with Crippen molar-refractivity contribution >= 4 is 63.9 Å². The van der Waals surface area contributed by atoms with Gasteiger partial charge in [0.25, 0.3) is 20.2 Å². The first-order chi connectivity index (χ1) is 17.4. The number of aryl methyl sites for hydroxylation is 1. The van der Waals surface area contributed by atoms with Crippen molar-refractivity contribution in [1.82, 2.24) is 4.98 Å². The molecule has 0 amide bonds. The maximum absolute atomic E-state index is 12.0. The van der Waals surface area contributed by atoms with E-state index in [1.165, 1.54) is 17.4 Å². The number of azo groups is 1. The van der Waals surface area contributed by atoms with Gasteiger partial charge in [-0.3, -0.25) is 9.11 Å². The molecule has 37 heavy (non-hydrogen) atoms. The van der Waals surface area contributed by atoms with Crippen LogP contribution >= 0.6 is 11.3 Å². The van der Waals surface area contributed by atoms with Gasteiger partial charge in [0.15, 0.2) is 5.75 Å². The third kappa shape index (κ3) is 4.95. The lowest BCUT2D eigenvalue weighted by Crippen LogP contribution is -2.00. The van der Waals surface area contributed by atoms with Gasteiger partial charge >= 0.3 is 0 Å². The highest BCUT2D eigenvalue weighted by Crippen LogP contribution is 2.42. The Balaban J connectivity index is 1.55. The van der Waals surface area contributed by atoms with E-state index in [0.29, 0.717) is 5.69 Å². The zero-order chi connectivity index (χ0) is 26.5. The number of phenolic OH excluding ortho intramolecular Hbond substituents is 1. The van der Waals surface area contributed by atoms with Crippen LogP contribution in [0.25, 0.3) is 31.6 Å². The lowest BCUT2D eigenvalue weighted by Gasteiger charge is -2.09. The lowest BCUT2D eigenvalue weighted by atomic mass is 10.1. The molecule has 0 radical (unpaired) electrons. The maximum atomic E-state index is 12.0. The number of aromatic hydroxyl groups is 1. The van der Waals surface area contributed by atoms with E-state index in [2.05, 4.69) is 21.3 Å². The highest BCUT2D eigenvalue weighted by Gasteiger charge is 2.23. The summed E-state index contributed by atoms with van der Waals surface area (Å²) in [6.45, 7) is 2.01. The van der Waals surface area contributed by atoms with Crippen LogP contribution in [0.5, 0.6) is 5.75 Å². The van der Waals surface area contributed by atoms with E-state index in [1.807, 2.05) is 19.1 Å². The Bertz CT molecular complexity index is 1950. The monoisotopic (exact) mass is 555 g/mol. The van der Waals surface area contributed by atoms with E-state index in [9.17, 15) is 31.0 Å². The molecule has 188 valence electrons. The average Bonchev–Trinajstić information content (AvgIpc) is 3.25. The molecular weight excluding hydrogens is 538 g/mol. The molecule has 0 spiro atoms. The minimum atomic E-state index is -4.84. The summed E-state index contributed by atoms with van der Waals surface area (Å²) in [7, 11) is -9.43. The Morgan fingerprint density at radius 1 is 0.838 bits per heavy atom. The number of hydrogen-bond acceptors (Lipinski definition) is 9. The minimum Gasteiger partial charge on any atom is -0.505 e. The van der Waals surface area contributed by atoms with Crippen molar-refractivity contribution in [2.75, 3.05) is 0 Å². The Hall–Kier alpha value is -3.75. The number of benzene rings is 4. The number of rotatable bonds is 5. The number of nitrogens with zero attached hydrogens (tertiary/aromatic N) is 3. The van der Waals surface area contributed by atoms with E-state index < -0.39 is 41.5 Å². The first-order valence-corrected chi connectivity index (χ1v) is 14.2. The summed E-state index contributed by atoms with van der Waals surface area (Å²) in [5.41, 5.74) is 2.58. The van der Waals surface area contributed by atoms with E-state index in [-0.39, 0.29) is 10.8 Å². The van der Waals surface area contributed by atoms with Crippen LogP contribution in [0.1, 0.15) is 5.56 Å². The molecule has 10 nitrogen and oxygen atoms in total. The molecule has 5 rings (SSSR count). The second-order valence-electron chi connectivity index (χ2n) is 8.14. The van der Waals surface area contributed by atoms with Crippen molar-refractivity contribution < 1.29 is 31.0 Å². The van der Waals surface area contributed by atoms with Crippen molar-refractivity contribution in [3.63, 3.8) is 0 Å². The third-order valence-electron chi connectivity index (χ3n) is 5.52. The van der Waals surface area contributed by atoms with E-state index in [4.69, 9.17) is 0 Å². The molecule has 0 saturated heterocycles. The van der Waals surface area contributed by atoms with Crippen LogP contribution in [0, 0.1) is 6.92 Å². The summed E-state index contributed by atoms with van der Waals surface area (Å²) < 4.78 is 67.0. The molecule has 3 N–H and O–H groups in total. The summed E-state index contributed by atoms with van der Waals surface area (Å²) >= 11 is 1.54. The maximum Gasteiger partial charge on any atom is 0.296 e. The Labute approximate surface area is 215 Å². The molecule has 0 atom stereocenters. The number of phenols is 1.